The standard InChI is InChI=1S/C4H4N2O2/c7-8-4-1-2-5-6-3-4/h1-3,7H. The Kier molecular flexibility index (Phi) is 1.39. The van der Waals surface area contributed by atoms with Crippen LogP contribution in [0.3, 0.4) is 0 Å². The lowest BCUT2D eigenvalue weighted by Crippen LogP contribution is -1.84. The fourth-order valence-electron chi connectivity index (χ4n) is 0.333. The highest BCUT2D eigenvalue weighted by molar-refractivity contribution is 5.11. The Hall–Kier alpha value is -1.16. The monoisotopic (exact) mass is 112 g/mol. The molecule has 0 radical (unpaired) electrons. The van der Waals surface area contributed by atoms with Crippen LogP contribution in [0.5, 0.6) is 5.75 Å². The lowest BCUT2D eigenvalue weighted by Gasteiger charge is -1.88. The van der Waals surface area contributed by atoms with Crippen molar-refractivity contribution in [3.63, 3.8) is 0 Å². The van der Waals surface area contributed by atoms with Gasteiger partial charge >= 0.3 is 0 Å². The third kappa shape index (κ3) is 0.913. The molecule has 0 aromatic carbocycles. The summed E-state index contributed by atoms with van der Waals surface area (Å²) in [6, 6.07) is 1.49. The molecule has 4 nitrogen and oxygen atoms in total. The molecule has 1 aromatic rings. The van der Waals surface area contributed by atoms with Gasteiger partial charge in [0.2, 0.25) is 0 Å². The van der Waals surface area contributed by atoms with Crippen LogP contribution >= 0.6 is 0 Å². The highest BCUT2D eigenvalue weighted by Gasteiger charge is 1.85. The Balaban J connectivity index is 2.83. The lowest BCUT2D eigenvalue weighted by atomic mass is 10.5. The van der Waals surface area contributed by atoms with Crippen LogP contribution in [0.4, 0.5) is 0 Å². The van der Waals surface area contributed by atoms with Gasteiger partial charge in [0.15, 0.2) is 5.75 Å². The molecule has 0 unspecified atom stereocenters. The van der Waals surface area contributed by atoms with Gasteiger partial charge in [0, 0.05) is 6.07 Å². The predicted octanol–water partition coefficient (Wildman–Crippen LogP) is 0.328. The first-order chi connectivity index (χ1) is 3.93. The minimum absolute atomic E-state index is 0.292. The maximum absolute atomic E-state index is 7.97. The molecule has 1 rings (SSSR count). The summed E-state index contributed by atoms with van der Waals surface area (Å²) < 4.78 is 0. The van der Waals surface area contributed by atoms with Crippen molar-refractivity contribution in [3.8, 4) is 5.75 Å². The van der Waals surface area contributed by atoms with Gasteiger partial charge in [0.05, 0.1) is 12.4 Å². The minimum atomic E-state index is 0.292. The van der Waals surface area contributed by atoms with Gasteiger partial charge in [0.25, 0.3) is 0 Å². The molecule has 1 aromatic heterocycles. The van der Waals surface area contributed by atoms with Crippen LogP contribution < -0.4 is 4.89 Å². The number of hydrogen-bond acceptors (Lipinski definition) is 4. The molecule has 0 saturated heterocycles. The van der Waals surface area contributed by atoms with Crippen molar-refractivity contribution < 1.29 is 10.1 Å². The van der Waals surface area contributed by atoms with Gasteiger partial charge in [0.1, 0.15) is 0 Å². The van der Waals surface area contributed by atoms with Crippen molar-refractivity contribution in [1.82, 2.24) is 10.2 Å². The zero-order chi connectivity index (χ0) is 5.82. The normalized spacial score (nSPS) is 8.62. The summed E-state index contributed by atoms with van der Waals surface area (Å²) >= 11 is 0. The molecular formula is C4H4N2O2. The van der Waals surface area contributed by atoms with E-state index in [1.54, 1.807) is 0 Å². The zero-order valence-corrected chi connectivity index (χ0v) is 3.98. The maximum Gasteiger partial charge on any atom is 0.186 e. The van der Waals surface area contributed by atoms with Gasteiger partial charge in [-0.2, -0.15) is 10.2 Å². The molecule has 0 saturated carbocycles. The Morgan fingerprint density at radius 3 is 2.75 bits per heavy atom. The smallest absolute Gasteiger partial charge is 0.186 e. The van der Waals surface area contributed by atoms with E-state index in [1.807, 2.05) is 0 Å². The van der Waals surface area contributed by atoms with E-state index in [0.29, 0.717) is 5.75 Å². The number of nitrogens with zero attached hydrogens (tertiary/aromatic N) is 2. The maximum atomic E-state index is 7.97. The molecule has 0 aliphatic carbocycles. The van der Waals surface area contributed by atoms with Gasteiger partial charge in [-0.25, -0.2) is 5.26 Å². The molecule has 0 atom stereocenters. The van der Waals surface area contributed by atoms with Crippen molar-refractivity contribution in [2.75, 3.05) is 0 Å². The van der Waals surface area contributed by atoms with Crippen molar-refractivity contribution in [2.45, 2.75) is 0 Å². The minimum Gasteiger partial charge on any atom is -0.338 e. The van der Waals surface area contributed by atoms with Crippen molar-refractivity contribution in [1.29, 1.82) is 0 Å². The van der Waals surface area contributed by atoms with Crippen LogP contribution in [0.15, 0.2) is 18.5 Å². The first-order valence-electron chi connectivity index (χ1n) is 2.01. The molecule has 0 bridgehead atoms. The van der Waals surface area contributed by atoms with E-state index in [0.717, 1.165) is 0 Å². The SMILES string of the molecule is OOc1ccnnc1. The van der Waals surface area contributed by atoms with Crippen LogP contribution in [0.25, 0.3) is 0 Å². The van der Waals surface area contributed by atoms with E-state index in [1.165, 1.54) is 18.5 Å². The summed E-state index contributed by atoms with van der Waals surface area (Å²) in [7, 11) is 0. The molecule has 0 spiro atoms. The van der Waals surface area contributed by atoms with Crippen LogP contribution in [-0.4, -0.2) is 15.5 Å². The van der Waals surface area contributed by atoms with E-state index in [2.05, 4.69) is 15.1 Å². The molecule has 0 fully saturated rings. The third-order valence-electron chi connectivity index (χ3n) is 0.663. The fourth-order valence-corrected chi connectivity index (χ4v) is 0.333. The van der Waals surface area contributed by atoms with Gasteiger partial charge in [-0.1, -0.05) is 0 Å². The van der Waals surface area contributed by atoms with E-state index < -0.39 is 0 Å². The summed E-state index contributed by atoms with van der Waals surface area (Å²) in [5.41, 5.74) is 0. The molecular weight excluding hydrogens is 108 g/mol. The van der Waals surface area contributed by atoms with E-state index >= 15 is 0 Å². The van der Waals surface area contributed by atoms with E-state index in [4.69, 9.17) is 5.26 Å². The Bertz CT molecular complexity index is 153. The molecule has 0 aliphatic rings. The zero-order valence-electron chi connectivity index (χ0n) is 3.98. The number of aromatic nitrogens is 2. The van der Waals surface area contributed by atoms with Crippen LogP contribution in [0, 0.1) is 0 Å². The lowest BCUT2D eigenvalue weighted by molar-refractivity contribution is -0.138. The first kappa shape index (κ1) is 4.99. The van der Waals surface area contributed by atoms with Crippen molar-refractivity contribution in [2.24, 2.45) is 0 Å². The van der Waals surface area contributed by atoms with Gasteiger partial charge in [-0.15, -0.1) is 0 Å². The van der Waals surface area contributed by atoms with E-state index in [9.17, 15) is 0 Å². The highest BCUT2D eigenvalue weighted by Crippen LogP contribution is 2.01. The Morgan fingerprint density at radius 2 is 2.38 bits per heavy atom. The summed E-state index contributed by atoms with van der Waals surface area (Å²) in [6.45, 7) is 0. The molecule has 0 amide bonds. The van der Waals surface area contributed by atoms with Crippen LogP contribution in [0.2, 0.25) is 0 Å². The van der Waals surface area contributed by atoms with Crippen molar-refractivity contribution >= 4 is 0 Å². The summed E-state index contributed by atoms with van der Waals surface area (Å²) in [6.07, 6.45) is 2.73. The largest absolute Gasteiger partial charge is 0.338 e. The van der Waals surface area contributed by atoms with Crippen molar-refractivity contribution in [3.05, 3.63) is 18.5 Å². The molecule has 1 N–H and O–H groups in total. The second-order valence-corrected chi connectivity index (χ2v) is 1.17. The number of rotatable bonds is 1. The fraction of sp³-hybridized carbons (Fsp3) is 0. The highest BCUT2D eigenvalue weighted by atomic mass is 17.1. The average Bonchev–Trinajstić information content (AvgIpc) is 1.90. The Morgan fingerprint density at radius 1 is 1.50 bits per heavy atom. The second-order valence-electron chi connectivity index (χ2n) is 1.17. The predicted molar refractivity (Wildman–Crippen MR) is 25.3 cm³/mol. The number of hydrogen-bond donors (Lipinski definition) is 1. The third-order valence-corrected chi connectivity index (χ3v) is 0.663. The van der Waals surface area contributed by atoms with Gasteiger partial charge in [-0.05, 0) is 0 Å². The van der Waals surface area contributed by atoms with Gasteiger partial charge < -0.3 is 4.89 Å². The first-order valence-corrected chi connectivity index (χ1v) is 2.01. The summed E-state index contributed by atoms with van der Waals surface area (Å²) in [5.74, 6) is 0.292. The summed E-state index contributed by atoms with van der Waals surface area (Å²) in [5, 5.41) is 14.8. The van der Waals surface area contributed by atoms with Gasteiger partial charge in [-0.3, -0.25) is 0 Å². The summed E-state index contributed by atoms with van der Waals surface area (Å²) in [4.78, 5) is 3.81. The van der Waals surface area contributed by atoms with Crippen LogP contribution in [0.1, 0.15) is 0 Å². The molecule has 0 aliphatic heterocycles. The van der Waals surface area contributed by atoms with Crippen LogP contribution in [-0.2, 0) is 0 Å². The van der Waals surface area contributed by atoms with E-state index in [-0.39, 0.29) is 0 Å². The molecule has 8 heavy (non-hydrogen) atoms. The molecule has 4 heteroatoms. The molecule has 42 valence electrons. The topological polar surface area (TPSA) is 55.2 Å². The Labute approximate surface area is 45.7 Å². The quantitative estimate of drug-likeness (QED) is 0.420. The average molecular weight is 112 g/mol. The second kappa shape index (κ2) is 2.23. The molecule has 1 heterocycles.